The number of aromatic nitrogens is 1. The highest BCUT2D eigenvalue weighted by Gasteiger charge is 2.38. The van der Waals surface area contributed by atoms with E-state index in [9.17, 15) is 4.79 Å². The zero-order chi connectivity index (χ0) is 16.5. The number of urea groups is 1. The van der Waals surface area contributed by atoms with Gasteiger partial charge < -0.3 is 10.2 Å². The number of aryl methyl sites for hydroxylation is 1. The molecule has 2 amide bonds. The molecule has 5 heteroatoms. The van der Waals surface area contributed by atoms with Crippen LogP contribution >= 0.6 is 11.3 Å². The molecule has 2 fully saturated rings. The van der Waals surface area contributed by atoms with E-state index in [0.717, 1.165) is 23.5 Å². The van der Waals surface area contributed by atoms with E-state index in [2.05, 4.69) is 27.8 Å². The Balaban J connectivity index is 1.47. The summed E-state index contributed by atoms with van der Waals surface area (Å²) in [6.07, 6.45) is 4.60. The van der Waals surface area contributed by atoms with Gasteiger partial charge in [0.25, 0.3) is 0 Å². The van der Waals surface area contributed by atoms with Crippen LogP contribution < -0.4 is 5.32 Å². The van der Waals surface area contributed by atoms with Gasteiger partial charge in [0.2, 0.25) is 0 Å². The highest BCUT2D eigenvalue weighted by atomic mass is 32.1. The summed E-state index contributed by atoms with van der Waals surface area (Å²) in [7, 11) is 0. The van der Waals surface area contributed by atoms with E-state index in [-0.39, 0.29) is 12.1 Å². The first-order chi connectivity index (χ1) is 11.7. The van der Waals surface area contributed by atoms with Gasteiger partial charge >= 0.3 is 6.03 Å². The van der Waals surface area contributed by atoms with Gasteiger partial charge in [0.05, 0.1) is 6.04 Å². The number of nitrogens with one attached hydrogen (secondary N) is 1. The highest BCUT2D eigenvalue weighted by molar-refractivity contribution is 7.09. The molecule has 1 heterocycles. The van der Waals surface area contributed by atoms with E-state index >= 15 is 0 Å². The molecule has 0 radical (unpaired) electrons. The lowest BCUT2D eigenvalue weighted by Gasteiger charge is -2.26. The van der Waals surface area contributed by atoms with Crippen LogP contribution in [0.1, 0.15) is 48.0 Å². The number of amides is 2. The molecule has 2 saturated carbocycles. The van der Waals surface area contributed by atoms with Crippen molar-refractivity contribution in [3.05, 3.63) is 52.0 Å². The fourth-order valence-electron chi connectivity index (χ4n) is 3.07. The molecule has 0 spiro atoms. The Morgan fingerprint density at radius 3 is 2.62 bits per heavy atom. The van der Waals surface area contributed by atoms with Crippen molar-refractivity contribution in [3.8, 4) is 0 Å². The van der Waals surface area contributed by atoms with Crippen LogP contribution in [-0.4, -0.2) is 22.0 Å². The molecule has 1 N–H and O–H groups in total. The van der Waals surface area contributed by atoms with Crippen LogP contribution in [0.2, 0.25) is 0 Å². The maximum Gasteiger partial charge on any atom is 0.318 e. The van der Waals surface area contributed by atoms with E-state index in [0.29, 0.717) is 18.5 Å². The van der Waals surface area contributed by atoms with Crippen LogP contribution in [-0.2, 0) is 6.54 Å². The lowest BCUT2D eigenvalue weighted by molar-refractivity contribution is 0.186. The highest BCUT2D eigenvalue weighted by Crippen LogP contribution is 2.42. The zero-order valence-electron chi connectivity index (χ0n) is 13.9. The first-order valence-corrected chi connectivity index (χ1v) is 9.62. The molecular formula is C19H23N3OS. The summed E-state index contributed by atoms with van der Waals surface area (Å²) in [5.74, 6) is 0.553. The van der Waals surface area contributed by atoms with E-state index in [1.165, 1.54) is 18.4 Å². The van der Waals surface area contributed by atoms with Gasteiger partial charge in [-0.2, -0.15) is 0 Å². The van der Waals surface area contributed by atoms with Crippen molar-refractivity contribution in [1.82, 2.24) is 15.2 Å². The number of carbonyl (C=O) groups excluding carboxylic acids is 1. The Kier molecular flexibility index (Phi) is 4.27. The van der Waals surface area contributed by atoms with Crippen molar-refractivity contribution >= 4 is 17.4 Å². The maximum absolute atomic E-state index is 12.9. The summed E-state index contributed by atoms with van der Waals surface area (Å²) < 4.78 is 0. The number of carbonyl (C=O) groups is 1. The van der Waals surface area contributed by atoms with Crippen molar-refractivity contribution in [1.29, 1.82) is 0 Å². The van der Waals surface area contributed by atoms with Crippen LogP contribution in [0.5, 0.6) is 0 Å². The Labute approximate surface area is 146 Å². The first-order valence-electron chi connectivity index (χ1n) is 8.74. The van der Waals surface area contributed by atoms with Crippen LogP contribution in [0.15, 0.2) is 35.7 Å². The van der Waals surface area contributed by atoms with Crippen LogP contribution in [0, 0.1) is 12.8 Å². The second-order valence-electron chi connectivity index (χ2n) is 6.94. The topological polar surface area (TPSA) is 45.2 Å². The molecule has 2 aliphatic rings. The molecule has 2 aliphatic carbocycles. The molecule has 1 atom stereocenters. The summed E-state index contributed by atoms with van der Waals surface area (Å²) in [5, 5.41) is 6.41. The second kappa shape index (κ2) is 6.55. The van der Waals surface area contributed by atoms with Gasteiger partial charge in [-0.1, -0.05) is 30.3 Å². The molecule has 0 aliphatic heterocycles. The standard InChI is InChI=1S/C19H23N3OS/c1-13-12-24-18(20-13)17(15-7-8-15)21-19(23)22(16-9-10-16)11-14-5-3-2-4-6-14/h2-6,12,15-17H,7-11H2,1H3,(H,21,23)/t17-/m0/s1. The largest absolute Gasteiger partial charge is 0.328 e. The van der Waals surface area contributed by atoms with Gasteiger partial charge in [0.15, 0.2) is 0 Å². The fourth-order valence-corrected chi connectivity index (χ4v) is 4.01. The minimum atomic E-state index is 0.0612. The number of rotatable bonds is 6. The Bertz CT molecular complexity index is 706. The van der Waals surface area contributed by atoms with Crippen LogP contribution in [0.3, 0.4) is 0 Å². The van der Waals surface area contributed by atoms with Crippen LogP contribution in [0.25, 0.3) is 0 Å². The number of thiazole rings is 1. The molecule has 1 aromatic carbocycles. The summed E-state index contributed by atoms with van der Waals surface area (Å²) >= 11 is 1.66. The number of benzene rings is 1. The van der Waals surface area contributed by atoms with Gasteiger partial charge in [-0.3, -0.25) is 0 Å². The zero-order valence-corrected chi connectivity index (χ0v) is 14.8. The van der Waals surface area contributed by atoms with Gasteiger partial charge in [-0.25, -0.2) is 9.78 Å². The molecule has 1 aromatic heterocycles. The summed E-state index contributed by atoms with van der Waals surface area (Å²) in [6, 6.07) is 10.8. The maximum atomic E-state index is 12.9. The number of hydrogen-bond acceptors (Lipinski definition) is 3. The normalized spacial score (nSPS) is 18.2. The van der Waals surface area contributed by atoms with Crippen molar-refractivity contribution < 1.29 is 4.79 Å². The minimum absolute atomic E-state index is 0.0612. The van der Waals surface area contributed by atoms with Crippen molar-refractivity contribution in [3.63, 3.8) is 0 Å². The summed E-state index contributed by atoms with van der Waals surface area (Å²) in [4.78, 5) is 19.6. The van der Waals surface area contributed by atoms with Crippen molar-refractivity contribution in [2.45, 2.75) is 51.2 Å². The first kappa shape index (κ1) is 15.6. The average Bonchev–Trinajstić information content (AvgIpc) is 3.50. The molecular weight excluding hydrogens is 318 g/mol. The smallest absolute Gasteiger partial charge is 0.318 e. The van der Waals surface area contributed by atoms with Gasteiger partial charge in [0.1, 0.15) is 5.01 Å². The molecule has 24 heavy (non-hydrogen) atoms. The quantitative estimate of drug-likeness (QED) is 0.852. The average molecular weight is 341 g/mol. The fraction of sp³-hybridized carbons (Fsp3) is 0.474. The van der Waals surface area contributed by atoms with Gasteiger partial charge in [0, 0.05) is 23.7 Å². The molecule has 4 nitrogen and oxygen atoms in total. The van der Waals surface area contributed by atoms with Gasteiger partial charge in [-0.15, -0.1) is 11.3 Å². The van der Waals surface area contributed by atoms with E-state index in [4.69, 9.17) is 0 Å². The minimum Gasteiger partial charge on any atom is -0.328 e. The Hall–Kier alpha value is -1.88. The number of nitrogens with zero attached hydrogens (tertiary/aromatic N) is 2. The Morgan fingerprint density at radius 2 is 2.04 bits per heavy atom. The lowest BCUT2D eigenvalue weighted by Crippen LogP contribution is -2.43. The molecule has 0 unspecified atom stereocenters. The molecule has 0 saturated heterocycles. The van der Waals surface area contributed by atoms with Crippen molar-refractivity contribution in [2.24, 2.45) is 5.92 Å². The van der Waals surface area contributed by atoms with E-state index in [1.807, 2.05) is 30.0 Å². The number of hydrogen-bond donors (Lipinski definition) is 1. The SMILES string of the molecule is Cc1csc([C@@H](NC(=O)N(Cc2ccccc2)C2CC2)C2CC2)n1. The molecule has 126 valence electrons. The third kappa shape index (κ3) is 3.61. The second-order valence-corrected chi connectivity index (χ2v) is 7.83. The van der Waals surface area contributed by atoms with E-state index < -0.39 is 0 Å². The molecule has 2 aromatic rings. The van der Waals surface area contributed by atoms with Gasteiger partial charge in [-0.05, 0) is 44.1 Å². The summed E-state index contributed by atoms with van der Waals surface area (Å²) in [6.45, 7) is 2.70. The molecule has 0 bridgehead atoms. The monoisotopic (exact) mass is 341 g/mol. The molecule has 4 rings (SSSR count). The Morgan fingerprint density at radius 1 is 1.29 bits per heavy atom. The summed E-state index contributed by atoms with van der Waals surface area (Å²) in [5.41, 5.74) is 2.23. The van der Waals surface area contributed by atoms with Crippen molar-refractivity contribution in [2.75, 3.05) is 0 Å². The van der Waals surface area contributed by atoms with Crippen LogP contribution in [0.4, 0.5) is 4.79 Å². The predicted octanol–water partition coefficient (Wildman–Crippen LogP) is 4.28. The lowest BCUT2D eigenvalue weighted by atomic mass is 10.2. The third-order valence-corrected chi connectivity index (χ3v) is 5.77. The third-order valence-electron chi connectivity index (χ3n) is 4.72. The predicted molar refractivity (Wildman–Crippen MR) is 95.9 cm³/mol. The van der Waals surface area contributed by atoms with E-state index in [1.54, 1.807) is 11.3 Å².